The van der Waals surface area contributed by atoms with Crippen LogP contribution in [-0.2, 0) is 6.54 Å². The molecule has 0 amide bonds. The minimum atomic E-state index is 0.575. The summed E-state index contributed by atoms with van der Waals surface area (Å²) in [6.45, 7) is 2.10. The Hall–Kier alpha value is -0.450. The van der Waals surface area contributed by atoms with Crippen molar-refractivity contribution in [1.82, 2.24) is 15.2 Å². The number of likely N-dealkylation sites (tertiary alicyclic amines) is 1. The lowest BCUT2D eigenvalue weighted by Gasteiger charge is -2.16. The fourth-order valence-corrected chi connectivity index (χ4v) is 2.98. The summed E-state index contributed by atoms with van der Waals surface area (Å²) in [5, 5.41) is 6.58. The second kappa shape index (κ2) is 4.38. The average molecular weight is 211 g/mol. The first kappa shape index (κ1) is 10.1. The largest absolute Gasteiger partial charge is 0.314 e. The standard InChI is InChI=1S/C10H17N3S/c1-11-6-8-7-14-10(12-8)9-4-3-5-13(9)2/h7,9,11H,3-6H2,1-2H3. The molecule has 1 aromatic rings. The second-order valence-electron chi connectivity index (χ2n) is 3.85. The highest BCUT2D eigenvalue weighted by Gasteiger charge is 2.24. The number of nitrogens with one attached hydrogen (secondary N) is 1. The third-order valence-corrected chi connectivity index (χ3v) is 3.73. The number of thiazole rings is 1. The van der Waals surface area contributed by atoms with Gasteiger partial charge in [0.15, 0.2) is 0 Å². The molecular formula is C10H17N3S. The van der Waals surface area contributed by atoms with Crippen LogP contribution in [0.15, 0.2) is 5.38 Å². The van der Waals surface area contributed by atoms with Crippen LogP contribution in [0.4, 0.5) is 0 Å². The number of nitrogens with zero attached hydrogens (tertiary/aromatic N) is 2. The van der Waals surface area contributed by atoms with Gasteiger partial charge in [-0.25, -0.2) is 4.98 Å². The van der Waals surface area contributed by atoms with Crippen molar-refractivity contribution in [3.8, 4) is 0 Å². The molecule has 0 bridgehead atoms. The van der Waals surface area contributed by atoms with Crippen molar-refractivity contribution >= 4 is 11.3 Å². The highest BCUT2D eigenvalue weighted by Crippen LogP contribution is 2.32. The molecule has 0 saturated carbocycles. The van der Waals surface area contributed by atoms with Crippen LogP contribution in [0.5, 0.6) is 0 Å². The maximum absolute atomic E-state index is 4.65. The molecule has 78 valence electrons. The monoisotopic (exact) mass is 211 g/mol. The van der Waals surface area contributed by atoms with Crippen molar-refractivity contribution in [3.05, 3.63) is 16.1 Å². The maximum atomic E-state index is 4.65. The summed E-state index contributed by atoms with van der Waals surface area (Å²) in [5.41, 5.74) is 1.17. The number of hydrogen-bond acceptors (Lipinski definition) is 4. The van der Waals surface area contributed by atoms with Crippen LogP contribution in [0.3, 0.4) is 0 Å². The molecule has 1 saturated heterocycles. The molecule has 3 nitrogen and oxygen atoms in total. The molecule has 2 rings (SSSR count). The smallest absolute Gasteiger partial charge is 0.110 e. The fourth-order valence-electron chi connectivity index (χ4n) is 1.96. The van der Waals surface area contributed by atoms with Crippen LogP contribution in [0, 0.1) is 0 Å². The third-order valence-electron chi connectivity index (χ3n) is 2.73. The SMILES string of the molecule is CNCc1csc(C2CCCN2C)n1. The molecule has 1 atom stereocenters. The van der Waals surface area contributed by atoms with E-state index in [1.165, 1.54) is 30.1 Å². The van der Waals surface area contributed by atoms with Gasteiger partial charge in [0.05, 0.1) is 11.7 Å². The maximum Gasteiger partial charge on any atom is 0.110 e. The van der Waals surface area contributed by atoms with Crippen molar-refractivity contribution in [2.75, 3.05) is 20.6 Å². The van der Waals surface area contributed by atoms with E-state index >= 15 is 0 Å². The second-order valence-corrected chi connectivity index (χ2v) is 4.74. The molecule has 0 aliphatic carbocycles. The van der Waals surface area contributed by atoms with E-state index in [4.69, 9.17) is 0 Å². The molecule has 1 aliphatic rings. The first-order chi connectivity index (χ1) is 6.81. The Morgan fingerprint density at radius 3 is 3.21 bits per heavy atom. The molecule has 1 aliphatic heterocycles. The Morgan fingerprint density at radius 2 is 2.57 bits per heavy atom. The van der Waals surface area contributed by atoms with E-state index in [1.54, 1.807) is 11.3 Å². The van der Waals surface area contributed by atoms with Gasteiger partial charge in [-0.05, 0) is 33.5 Å². The van der Waals surface area contributed by atoms with Gasteiger partial charge in [-0.2, -0.15) is 0 Å². The van der Waals surface area contributed by atoms with Crippen LogP contribution < -0.4 is 5.32 Å². The summed E-state index contributed by atoms with van der Waals surface area (Å²) in [6, 6.07) is 0.575. The average Bonchev–Trinajstić information content (AvgIpc) is 2.74. The number of rotatable bonds is 3. The molecule has 2 heterocycles. The zero-order valence-electron chi connectivity index (χ0n) is 8.79. The topological polar surface area (TPSA) is 28.2 Å². The summed E-state index contributed by atoms with van der Waals surface area (Å²) >= 11 is 1.80. The Balaban J connectivity index is 2.08. The van der Waals surface area contributed by atoms with Crippen LogP contribution in [-0.4, -0.2) is 30.5 Å². The zero-order chi connectivity index (χ0) is 9.97. The zero-order valence-corrected chi connectivity index (χ0v) is 9.60. The lowest BCUT2D eigenvalue weighted by atomic mass is 10.2. The van der Waals surface area contributed by atoms with Crippen molar-refractivity contribution in [3.63, 3.8) is 0 Å². The van der Waals surface area contributed by atoms with Gasteiger partial charge in [0, 0.05) is 11.9 Å². The third kappa shape index (κ3) is 1.97. The number of hydrogen-bond donors (Lipinski definition) is 1. The first-order valence-electron chi connectivity index (χ1n) is 5.10. The Kier molecular flexibility index (Phi) is 3.15. The summed E-state index contributed by atoms with van der Waals surface area (Å²) in [5.74, 6) is 0. The van der Waals surface area contributed by atoms with Crippen molar-refractivity contribution in [1.29, 1.82) is 0 Å². The predicted octanol–water partition coefficient (Wildman–Crippen LogP) is 1.63. The summed E-state index contributed by atoms with van der Waals surface area (Å²) in [6.07, 6.45) is 2.57. The molecule has 1 N–H and O–H groups in total. The van der Waals surface area contributed by atoms with Crippen LogP contribution in [0.2, 0.25) is 0 Å². The van der Waals surface area contributed by atoms with E-state index < -0.39 is 0 Å². The minimum Gasteiger partial charge on any atom is -0.314 e. The van der Waals surface area contributed by atoms with Gasteiger partial charge in [0.2, 0.25) is 0 Å². The van der Waals surface area contributed by atoms with Gasteiger partial charge in [0.25, 0.3) is 0 Å². The van der Waals surface area contributed by atoms with Gasteiger partial charge >= 0.3 is 0 Å². The highest BCUT2D eigenvalue weighted by atomic mass is 32.1. The molecule has 0 aromatic carbocycles. The van der Waals surface area contributed by atoms with Gasteiger partial charge in [-0.1, -0.05) is 0 Å². The van der Waals surface area contributed by atoms with Crippen molar-refractivity contribution in [2.24, 2.45) is 0 Å². The first-order valence-corrected chi connectivity index (χ1v) is 5.98. The van der Waals surface area contributed by atoms with Gasteiger partial charge in [-0.15, -0.1) is 11.3 Å². The van der Waals surface area contributed by atoms with E-state index in [2.05, 4.69) is 27.6 Å². The Morgan fingerprint density at radius 1 is 1.71 bits per heavy atom. The molecular weight excluding hydrogens is 194 g/mol. The summed E-state index contributed by atoms with van der Waals surface area (Å²) < 4.78 is 0. The van der Waals surface area contributed by atoms with E-state index in [0.717, 1.165) is 6.54 Å². The molecule has 1 fully saturated rings. The Bertz CT molecular complexity index is 297. The van der Waals surface area contributed by atoms with E-state index in [1.807, 2.05) is 7.05 Å². The van der Waals surface area contributed by atoms with E-state index in [-0.39, 0.29) is 0 Å². The lowest BCUT2D eigenvalue weighted by molar-refractivity contribution is 0.316. The van der Waals surface area contributed by atoms with Crippen LogP contribution in [0.25, 0.3) is 0 Å². The van der Waals surface area contributed by atoms with Gasteiger partial charge < -0.3 is 5.32 Å². The molecule has 1 unspecified atom stereocenters. The van der Waals surface area contributed by atoms with Crippen molar-refractivity contribution in [2.45, 2.75) is 25.4 Å². The van der Waals surface area contributed by atoms with Gasteiger partial charge in [0.1, 0.15) is 5.01 Å². The molecule has 0 spiro atoms. The van der Waals surface area contributed by atoms with Crippen LogP contribution >= 0.6 is 11.3 Å². The highest BCUT2D eigenvalue weighted by molar-refractivity contribution is 7.09. The molecule has 0 radical (unpaired) electrons. The Labute approximate surface area is 89.1 Å². The lowest BCUT2D eigenvalue weighted by Crippen LogP contribution is -2.17. The molecule has 4 heteroatoms. The predicted molar refractivity (Wildman–Crippen MR) is 59.5 cm³/mol. The molecule has 14 heavy (non-hydrogen) atoms. The van der Waals surface area contributed by atoms with Crippen molar-refractivity contribution < 1.29 is 0 Å². The summed E-state index contributed by atoms with van der Waals surface area (Å²) in [4.78, 5) is 7.05. The quantitative estimate of drug-likeness (QED) is 0.823. The molecule has 1 aromatic heterocycles. The fraction of sp³-hybridized carbons (Fsp3) is 0.700. The minimum absolute atomic E-state index is 0.575. The van der Waals surface area contributed by atoms with E-state index in [9.17, 15) is 0 Å². The normalized spacial score (nSPS) is 23.1. The van der Waals surface area contributed by atoms with Crippen LogP contribution in [0.1, 0.15) is 29.6 Å². The summed E-state index contributed by atoms with van der Waals surface area (Å²) in [7, 11) is 4.15. The number of aromatic nitrogens is 1. The van der Waals surface area contributed by atoms with E-state index in [0.29, 0.717) is 6.04 Å². The van der Waals surface area contributed by atoms with Gasteiger partial charge in [-0.3, -0.25) is 4.90 Å².